The molecule has 0 spiro atoms. The van der Waals surface area contributed by atoms with E-state index >= 15 is 0 Å². The molecule has 1 aromatic carbocycles. The van der Waals surface area contributed by atoms with E-state index in [-0.39, 0.29) is 5.91 Å². The first-order valence-electron chi connectivity index (χ1n) is 9.05. The van der Waals surface area contributed by atoms with E-state index in [4.69, 9.17) is 5.73 Å². The number of piperazine rings is 1. The van der Waals surface area contributed by atoms with Crippen molar-refractivity contribution in [2.75, 3.05) is 32.7 Å². The Kier molecular flexibility index (Phi) is 5.68. The van der Waals surface area contributed by atoms with Crippen LogP contribution in [0.3, 0.4) is 0 Å². The average molecular weight is 315 g/mol. The SMILES string of the molecule is NC(C(=O)N1CCN(CC2CCCCC2)CC1)c1ccccc1. The maximum Gasteiger partial charge on any atom is 0.244 e. The Morgan fingerprint density at radius 3 is 2.35 bits per heavy atom. The molecular weight excluding hydrogens is 286 g/mol. The molecule has 0 aromatic heterocycles. The summed E-state index contributed by atoms with van der Waals surface area (Å²) in [6.45, 7) is 4.82. The van der Waals surface area contributed by atoms with E-state index in [0.29, 0.717) is 0 Å². The highest BCUT2D eigenvalue weighted by Crippen LogP contribution is 2.25. The molecule has 4 nitrogen and oxygen atoms in total. The van der Waals surface area contributed by atoms with Crippen molar-refractivity contribution in [3.05, 3.63) is 35.9 Å². The molecule has 1 atom stereocenters. The lowest BCUT2D eigenvalue weighted by Crippen LogP contribution is -2.51. The molecule has 1 unspecified atom stereocenters. The molecule has 1 heterocycles. The van der Waals surface area contributed by atoms with Crippen molar-refractivity contribution in [3.8, 4) is 0 Å². The summed E-state index contributed by atoms with van der Waals surface area (Å²) in [5.74, 6) is 0.936. The van der Waals surface area contributed by atoms with E-state index in [1.54, 1.807) is 0 Å². The third kappa shape index (κ3) is 4.33. The van der Waals surface area contributed by atoms with Gasteiger partial charge in [-0.2, -0.15) is 0 Å². The monoisotopic (exact) mass is 315 g/mol. The summed E-state index contributed by atoms with van der Waals surface area (Å²) in [7, 11) is 0. The highest BCUT2D eigenvalue weighted by atomic mass is 16.2. The van der Waals surface area contributed by atoms with Crippen molar-refractivity contribution in [2.45, 2.75) is 38.1 Å². The van der Waals surface area contributed by atoms with Crippen LogP contribution in [0, 0.1) is 5.92 Å². The van der Waals surface area contributed by atoms with Crippen molar-refractivity contribution in [1.82, 2.24) is 9.80 Å². The number of amides is 1. The van der Waals surface area contributed by atoms with Gasteiger partial charge in [-0.15, -0.1) is 0 Å². The lowest BCUT2D eigenvalue weighted by atomic mass is 9.89. The molecule has 1 amide bonds. The Balaban J connectivity index is 1.47. The molecule has 1 aliphatic heterocycles. The van der Waals surface area contributed by atoms with Crippen LogP contribution in [0.4, 0.5) is 0 Å². The van der Waals surface area contributed by atoms with Gasteiger partial charge in [-0.3, -0.25) is 9.69 Å². The molecule has 126 valence electrons. The zero-order valence-electron chi connectivity index (χ0n) is 14.0. The Morgan fingerprint density at radius 1 is 1.04 bits per heavy atom. The van der Waals surface area contributed by atoms with Crippen molar-refractivity contribution in [3.63, 3.8) is 0 Å². The summed E-state index contributed by atoms with van der Waals surface area (Å²) in [6.07, 6.45) is 6.98. The smallest absolute Gasteiger partial charge is 0.244 e. The van der Waals surface area contributed by atoms with E-state index in [1.807, 2.05) is 35.2 Å². The van der Waals surface area contributed by atoms with E-state index in [1.165, 1.54) is 38.6 Å². The maximum absolute atomic E-state index is 12.6. The number of rotatable bonds is 4. The molecule has 0 radical (unpaired) electrons. The minimum absolute atomic E-state index is 0.0634. The molecule has 1 saturated heterocycles. The molecule has 2 N–H and O–H groups in total. The first-order valence-corrected chi connectivity index (χ1v) is 9.05. The molecule has 3 rings (SSSR count). The summed E-state index contributed by atoms with van der Waals surface area (Å²) < 4.78 is 0. The molecule has 1 saturated carbocycles. The summed E-state index contributed by atoms with van der Waals surface area (Å²) in [4.78, 5) is 17.1. The summed E-state index contributed by atoms with van der Waals surface area (Å²) in [5, 5.41) is 0. The van der Waals surface area contributed by atoms with Gasteiger partial charge in [0.05, 0.1) is 0 Å². The molecule has 2 fully saturated rings. The second-order valence-electron chi connectivity index (χ2n) is 7.02. The van der Waals surface area contributed by atoms with Crippen LogP contribution in [0.1, 0.15) is 43.7 Å². The Labute approximate surface area is 139 Å². The zero-order chi connectivity index (χ0) is 16.1. The highest BCUT2D eigenvalue weighted by Gasteiger charge is 2.27. The largest absolute Gasteiger partial charge is 0.338 e. The summed E-state index contributed by atoms with van der Waals surface area (Å²) in [5.41, 5.74) is 7.05. The van der Waals surface area contributed by atoms with Crippen LogP contribution in [0.5, 0.6) is 0 Å². The third-order valence-electron chi connectivity index (χ3n) is 5.35. The van der Waals surface area contributed by atoms with Crippen LogP contribution in [-0.2, 0) is 4.79 Å². The van der Waals surface area contributed by atoms with E-state index in [0.717, 1.165) is 37.7 Å². The van der Waals surface area contributed by atoms with Crippen molar-refractivity contribution < 1.29 is 4.79 Å². The molecule has 1 aromatic rings. The molecule has 23 heavy (non-hydrogen) atoms. The van der Waals surface area contributed by atoms with Crippen LogP contribution >= 0.6 is 0 Å². The number of hydrogen-bond donors (Lipinski definition) is 1. The van der Waals surface area contributed by atoms with Gasteiger partial charge in [-0.05, 0) is 24.3 Å². The fraction of sp³-hybridized carbons (Fsp3) is 0.632. The molecular formula is C19H29N3O. The van der Waals surface area contributed by atoms with E-state index in [2.05, 4.69) is 4.90 Å². The number of benzene rings is 1. The van der Waals surface area contributed by atoms with Crippen LogP contribution in [0.2, 0.25) is 0 Å². The normalized spacial score (nSPS) is 22.0. The first kappa shape index (κ1) is 16.5. The van der Waals surface area contributed by atoms with Gasteiger partial charge in [0.1, 0.15) is 6.04 Å². The molecule has 0 bridgehead atoms. The molecule has 4 heteroatoms. The molecule has 1 aliphatic carbocycles. The minimum atomic E-state index is -0.527. The second-order valence-corrected chi connectivity index (χ2v) is 7.02. The van der Waals surface area contributed by atoms with Gasteiger partial charge in [0.25, 0.3) is 0 Å². The quantitative estimate of drug-likeness (QED) is 0.928. The second kappa shape index (κ2) is 7.93. The minimum Gasteiger partial charge on any atom is -0.338 e. The van der Waals surface area contributed by atoms with E-state index < -0.39 is 6.04 Å². The number of nitrogens with two attached hydrogens (primary N) is 1. The third-order valence-corrected chi connectivity index (χ3v) is 5.35. The predicted molar refractivity (Wildman–Crippen MR) is 93.0 cm³/mol. The van der Waals surface area contributed by atoms with Crippen molar-refractivity contribution in [2.24, 2.45) is 11.7 Å². The van der Waals surface area contributed by atoms with Gasteiger partial charge < -0.3 is 10.6 Å². The Morgan fingerprint density at radius 2 is 1.70 bits per heavy atom. The van der Waals surface area contributed by atoms with Crippen molar-refractivity contribution >= 4 is 5.91 Å². The topological polar surface area (TPSA) is 49.6 Å². The van der Waals surface area contributed by atoms with Crippen LogP contribution in [0.15, 0.2) is 30.3 Å². The van der Waals surface area contributed by atoms with E-state index in [9.17, 15) is 4.79 Å². The highest BCUT2D eigenvalue weighted by molar-refractivity contribution is 5.83. The lowest BCUT2D eigenvalue weighted by molar-refractivity contribution is -0.134. The maximum atomic E-state index is 12.6. The number of carbonyl (C=O) groups is 1. The van der Waals surface area contributed by atoms with Crippen LogP contribution < -0.4 is 5.73 Å². The molecule has 2 aliphatic rings. The number of hydrogen-bond acceptors (Lipinski definition) is 3. The van der Waals surface area contributed by atoms with Gasteiger partial charge in [0.2, 0.25) is 5.91 Å². The average Bonchev–Trinajstić information content (AvgIpc) is 2.63. The zero-order valence-corrected chi connectivity index (χ0v) is 14.0. The fourth-order valence-corrected chi connectivity index (χ4v) is 3.89. The first-order chi connectivity index (χ1) is 11.2. The fourth-order valence-electron chi connectivity index (χ4n) is 3.89. The summed E-state index contributed by atoms with van der Waals surface area (Å²) >= 11 is 0. The predicted octanol–water partition coefficient (Wildman–Crippen LogP) is 2.41. The number of nitrogens with zero attached hydrogens (tertiary/aromatic N) is 2. The van der Waals surface area contributed by atoms with Crippen LogP contribution in [-0.4, -0.2) is 48.4 Å². The van der Waals surface area contributed by atoms with Gasteiger partial charge in [-0.25, -0.2) is 0 Å². The Hall–Kier alpha value is -1.39. The summed E-state index contributed by atoms with van der Waals surface area (Å²) in [6, 6.07) is 9.16. The van der Waals surface area contributed by atoms with Crippen molar-refractivity contribution in [1.29, 1.82) is 0 Å². The van der Waals surface area contributed by atoms with Gasteiger partial charge in [-0.1, -0.05) is 49.6 Å². The van der Waals surface area contributed by atoms with Gasteiger partial charge in [0.15, 0.2) is 0 Å². The lowest BCUT2D eigenvalue weighted by Gasteiger charge is -2.38. The number of carbonyl (C=O) groups excluding carboxylic acids is 1. The van der Waals surface area contributed by atoms with Gasteiger partial charge >= 0.3 is 0 Å². The van der Waals surface area contributed by atoms with Crippen LogP contribution in [0.25, 0.3) is 0 Å². The standard InChI is InChI=1S/C19H29N3O/c20-18(17-9-5-2-6-10-17)19(23)22-13-11-21(12-14-22)15-16-7-3-1-4-8-16/h2,5-6,9-10,16,18H,1,3-4,7-8,11-15,20H2. The Bertz CT molecular complexity index is 491. The van der Waals surface area contributed by atoms with Gasteiger partial charge in [0, 0.05) is 32.7 Å².